The number of nitrogens with one attached hydrogen (secondary N) is 3. The monoisotopic (exact) mass is 394 g/mol. The van der Waals surface area contributed by atoms with E-state index in [1.165, 1.54) is 16.6 Å². The molecule has 4 rings (SSSR count). The number of rotatable bonds is 5. The Hall–Kier alpha value is -3.88. The highest BCUT2D eigenvalue weighted by atomic mass is 19.1. The van der Waals surface area contributed by atoms with E-state index in [1.807, 2.05) is 6.92 Å². The number of halogens is 1. The number of benzene rings is 1. The summed E-state index contributed by atoms with van der Waals surface area (Å²) in [6.45, 7) is 4.14. The Morgan fingerprint density at radius 3 is 2.83 bits per heavy atom. The third-order valence-electron chi connectivity index (χ3n) is 4.26. The number of carbonyl (C=O) groups excluding carboxylic acids is 1. The molecule has 0 radical (unpaired) electrons. The van der Waals surface area contributed by atoms with E-state index in [9.17, 15) is 9.18 Å². The van der Waals surface area contributed by atoms with E-state index < -0.39 is 0 Å². The Labute approximate surface area is 166 Å². The van der Waals surface area contributed by atoms with Crippen molar-refractivity contribution in [2.45, 2.75) is 13.8 Å². The average Bonchev–Trinajstić information content (AvgIpc) is 3.04. The number of aryl methyl sites for hydroxylation is 1. The lowest BCUT2D eigenvalue weighted by Gasteiger charge is -2.19. The van der Waals surface area contributed by atoms with Crippen LogP contribution >= 0.6 is 0 Å². The molecule has 1 amide bonds. The Morgan fingerprint density at radius 1 is 1.24 bits per heavy atom. The first-order valence-corrected chi connectivity index (χ1v) is 9.05. The summed E-state index contributed by atoms with van der Waals surface area (Å²) in [5, 5.41) is 7.27. The molecule has 3 N–H and O–H groups in total. The maximum atomic E-state index is 13.6. The van der Waals surface area contributed by atoms with Crippen molar-refractivity contribution in [3.63, 3.8) is 0 Å². The van der Waals surface area contributed by atoms with Gasteiger partial charge in [-0.2, -0.15) is 5.10 Å². The summed E-state index contributed by atoms with van der Waals surface area (Å²) in [4.78, 5) is 17.3. The lowest BCUT2D eigenvalue weighted by molar-refractivity contribution is 0.0952. The van der Waals surface area contributed by atoms with Gasteiger partial charge in [0.2, 0.25) is 5.88 Å². The van der Waals surface area contributed by atoms with Gasteiger partial charge in [-0.05, 0) is 44.2 Å². The first kappa shape index (κ1) is 18.5. The van der Waals surface area contributed by atoms with E-state index >= 15 is 0 Å². The summed E-state index contributed by atoms with van der Waals surface area (Å²) < 4.78 is 20.4. The van der Waals surface area contributed by atoms with E-state index in [1.54, 1.807) is 43.3 Å². The van der Waals surface area contributed by atoms with Crippen LogP contribution in [0.4, 0.5) is 4.39 Å². The highest BCUT2D eigenvalue weighted by Crippen LogP contribution is 2.20. The van der Waals surface area contributed by atoms with Gasteiger partial charge >= 0.3 is 0 Å². The number of hydrogen-bond acceptors (Lipinski definition) is 6. The molecule has 2 aromatic heterocycles. The van der Waals surface area contributed by atoms with Crippen molar-refractivity contribution < 1.29 is 13.9 Å². The molecule has 0 atom stereocenters. The molecule has 1 aromatic carbocycles. The number of fused-ring (bicyclic) bond motifs is 1. The molecule has 0 unspecified atom stereocenters. The Balaban J connectivity index is 1.65. The fraction of sp³-hybridized carbons (Fsp3) is 0.150. The van der Waals surface area contributed by atoms with Crippen molar-refractivity contribution in [3.8, 4) is 11.3 Å². The van der Waals surface area contributed by atoms with Gasteiger partial charge in [-0.3, -0.25) is 15.6 Å². The van der Waals surface area contributed by atoms with Gasteiger partial charge < -0.3 is 10.1 Å². The predicted octanol–water partition coefficient (Wildman–Crippen LogP) is 2.40. The van der Waals surface area contributed by atoms with Crippen LogP contribution in [-0.2, 0) is 4.74 Å². The van der Waals surface area contributed by atoms with E-state index in [2.05, 4.69) is 26.3 Å². The molecular formula is C20H19FN6O2. The van der Waals surface area contributed by atoms with Gasteiger partial charge in [0.1, 0.15) is 11.6 Å². The van der Waals surface area contributed by atoms with Crippen LogP contribution in [0.25, 0.3) is 16.9 Å². The molecule has 3 heterocycles. The van der Waals surface area contributed by atoms with Crippen LogP contribution in [0.15, 0.2) is 60.3 Å². The number of amides is 1. The lowest BCUT2D eigenvalue weighted by atomic mass is 10.1. The summed E-state index contributed by atoms with van der Waals surface area (Å²) in [7, 11) is 0. The number of nitrogens with zero attached hydrogens (tertiary/aromatic N) is 3. The topological polar surface area (TPSA) is 92.6 Å². The van der Waals surface area contributed by atoms with Gasteiger partial charge in [0.15, 0.2) is 11.3 Å². The fourth-order valence-electron chi connectivity index (χ4n) is 2.97. The van der Waals surface area contributed by atoms with Crippen molar-refractivity contribution in [2.75, 3.05) is 6.61 Å². The molecule has 0 saturated heterocycles. The minimum absolute atomic E-state index is 0.292. The molecule has 1 aliphatic rings. The summed E-state index contributed by atoms with van der Waals surface area (Å²) >= 11 is 0. The highest BCUT2D eigenvalue weighted by molar-refractivity contribution is 5.95. The minimum Gasteiger partial charge on any atom is -0.478 e. The third-order valence-corrected chi connectivity index (χ3v) is 4.26. The second-order valence-corrected chi connectivity index (χ2v) is 6.29. The van der Waals surface area contributed by atoms with Crippen molar-refractivity contribution in [1.82, 2.24) is 30.8 Å². The van der Waals surface area contributed by atoms with Crippen molar-refractivity contribution in [2.24, 2.45) is 0 Å². The van der Waals surface area contributed by atoms with Gasteiger partial charge in [-0.15, -0.1) is 0 Å². The van der Waals surface area contributed by atoms with Crippen LogP contribution in [0.5, 0.6) is 0 Å². The summed E-state index contributed by atoms with van der Waals surface area (Å²) in [6, 6.07) is 9.61. The molecule has 8 nitrogen and oxygen atoms in total. The molecule has 0 bridgehead atoms. The maximum absolute atomic E-state index is 13.6. The number of carbonyl (C=O) groups is 1. The molecule has 0 aliphatic carbocycles. The van der Waals surface area contributed by atoms with Crippen molar-refractivity contribution >= 4 is 11.6 Å². The van der Waals surface area contributed by atoms with Crippen molar-refractivity contribution in [3.05, 3.63) is 77.5 Å². The number of hydrazine groups is 1. The zero-order chi connectivity index (χ0) is 20.4. The number of hydrogen-bond donors (Lipinski definition) is 3. The molecule has 9 heteroatoms. The first-order chi connectivity index (χ1) is 14.0. The zero-order valence-corrected chi connectivity index (χ0v) is 15.9. The van der Waals surface area contributed by atoms with E-state index in [0.29, 0.717) is 46.6 Å². The van der Waals surface area contributed by atoms with Crippen LogP contribution in [0.1, 0.15) is 23.1 Å². The van der Waals surface area contributed by atoms with Crippen LogP contribution in [0.2, 0.25) is 0 Å². The highest BCUT2D eigenvalue weighted by Gasteiger charge is 2.20. The van der Waals surface area contributed by atoms with Gasteiger partial charge in [0.25, 0.3) is 5.91 Å². The second-order valence-electron chi connectivity index (χ2n) is 6.29. The Kier molecular flexibility index (Phi) is 4.86. The quantitative estimate of drug-likeness (QED) is 0.616. The maximum Gasteiger partial charge on any atom is 0.277 e. The van der Waals surface area contributed by atoms with Crippen LogP contribution < -0.4 is 16.2 Å². The molecule has 3 aromatic rings. The standard InChI is InChI=1S/C20H19FN6O2/c1-3-29-18-10-8-16(24-25-18)23-20(28)19-12(2)22-17-9-7-15(26-27(17)19)13-5-4-6-14(21)11-13/h4-11,24-25H,3H2,1-2H3,(H,23,28). The predicted molar refractivity (Wildman–Crippen MR) is 105 cm³/mol. The van der Waals surface area contributed by atoms with E-state index in [4.69, 9.17) is 4.74 Å². The Morgan fingerprint density at radius 2 is 2.10 bits per heavy atom. The first-order valence-electron chi connectivity index (χ1n) is 9.05. The third kappa shape index (κ3) is 3.75. The summed E-state index contributed by atoms with van der Waals surface area (Å²) in [5.74, 6) is 0.270. The number of aromatic nitrogens is 3. The van der Waals surface area contributed by atoms with Gasteiger partial charge in [-0.1, -0.05) is 12.1 Å². The van der Waals surface area contributed by atoms with Crippen molar-refractivity contribution in [1.29, 1.82) is 0 Å². The number of imidazole rings is 1. The summed E-state index contributed by atoms with van der Waals surface area (Å²) in [5.41, 5.74) is 8.18. The number of allylic oxidation sites excluding steroid dienone is 2. The van der Waals surface area contributed by atoms with Crippen LogP contribution in [0.3, 0.4) is 0 Å². The van der Waals surface area contributed by atoms with Gasteiger partial charge in [0.05, 0.1) is 18.0 Å². The van der Waals surface area contributed by atoms with E-state index in [-0.39, 0.29) is 11.7 Å². The van der Waals surface area contributed by atoms with Gasteiger partial charge in [0, 0.05) is 11.6 Å². The number of ether oxygens (including phenoxy) is 1. The molecule has 148 valence electrons. The smallest absolute Gasteiger partial charge is 0.277 e. The molecule has 0 saturated carbocycles. The van der Waals surface area contributed by atoms with Gasteiger partial charge in [-0.25, -0.2) is 13.9 Å². The van der Waals surface area contributed by atoms with Crippen LogP contribution in [-0.4, -0.2) is 27.1 Å². The molecule has 0 fully saturated rings. The fourth-order valence-corrected chi connectivity index (χ4v) is 2.97. The molecule has 1 aliphatic heterocycles. The molecular weight excluding hydrogens is 375 g/mol. The SMILES string of the molecule is CCOC1=CC=C(NC(=O)c2c(C)nc3ccc(-c4cccc(F)c4)nn23)NN1. The molecule has 29 heavy (non-hydrogen) atoms. The normalized spacial score (nSPS) is 13.2. The lowest BCUT2D eigenvalue weighted by Crippen LogP contribution is -2.41. The second kappa shape index (κ2) is 7.63. The summed E-state index contributed by atoms with van der Waals surface area (Å²) in [6.07, 6.45) is 3.39. The minimum atomic E-state index is -0.382. The zero-order valence-electron chi connectivity index (χ0n) is 15.9. The average molecular weight is 394 g/mol. The largest absolute Gasteiger partial charge is 0.478 e. The van der Waals surface area contributed by atoms with Crippen LogP contribution in [0, 0.1) is 12.7 Å². The van der Waals surface area contributed by atoms with E-state index in [0.717, 1.165) is 0 Å². The molecule has 0 spiro atoms. The Bertz CT molecular complexity index is 1150.